The standard InChI is InChI=1S/C16H28N4O/c1-13-10-20(12-15-11-19(2)8-9-21-15)16(17-13)18-14-6-4-3-5-7-14/h10,14-15H,3-9,11-12H2,1-2H3,(H,17,18). The highest BCUT2D eigenvalue weighted by Crippen LogP contribution is 2.22. The van der Waals surface area contributed by atoms with E-state index in [0.29, 0.717) is 6.04 Å². The van der Waals surface area contributed by atoms with Gasteiger partial charge in [0.1, 0.15) is 0 Å². The van der Waals surface area contributed by atoms with Crippen molar-refractivity contribution < 1.29 is 4.74 Å². The molecule has 1 atom stereocenters. The van der Waals surface area contributed by atoms with Crippen LogP contribution in [0, 0.1) is 6.92 Å². The van der Waals surface area contributed by atoms with Crippen LogP contribution in [0.5, 0.6) is 0 Å². The predicted molar refractivity (Wildman–Crippen MR) is 84.7 cm³/mol. The van der Waals surface area contributed by atoms with Crippen molar-refractivity contribution in [2.75, 3.05) is 32.1 Å². The van der Waals surface area contributed by atoms with Crippen molar-refractivity contribution in [2.24, 2.45) is 0 Å². The van der Waals surface area contributed by atoms with Gasteiger partial charge in [-0.3, -0.25) is 0 Å². The highest BCUT2D eigenvalue weighted by Gasteiger charge is 2.21. The molecule has 0 radical (unpaired) electrons. The first kappa shape index (κ1) is 14.9. The van der Waals surface area contributed by atoms with Gasteiger partial charge in [-0.05, 0) is 26.8 Å². The van der Waals surface area contributed by atoms with E-state index in [-0.39, 0.29) is 6.10 Å². The minimum atomic E-state index is 0.268. The van der Waals surface area contributed by atoms with Crippen LogP contribution in [0.4, 0.5) is 5.95 Å². The highest BCUT2D eigenvalue weighted by molar-refractivity contribution is 5.30. The van der Waals surface area contributed by atoms with Crippen LogP contribution in [0.3, 0.4) is 0 Å². The maximum atomic E-state index is 5.89. The van der Waals surface area contributed by atoms with Crippen molar-refractivity contribution in [1.29, 1.82) is 0 Å². The monoisotopic (exact) mass is 292 g/mol. The maximum Gasteiger partial charge on any atom is 0.203 e. The van der Waals surface area contributed by atoms with E-state index in [0.717, 1.165) is 37.9 Å². The zero-order valence-electron chi connectivity index (χ0n) is 13.3. The third-order valence-electron chi connectivity index (χ3n) is 4.58. The summed E-state index contributed by atoms with van der Waals surface area (Å²) in [7, 11) is 2.16. The molecule has 3 rings (SSSR count). The number of aryl methyl sites for hydroxylation is 1. The summed E-state index contributed by atoms with van der Waals surface area (Å²) in [5.41, 5.74) is 1.08. The Kier molecular flexibility index (Phi) is 4.80. The quantitative estimate of drug-likeness (QED) is 0.924. The Labute approximate surface area is 127 Å². The number of hydrogen-bond acceptors (Lipinski definition) is 4. The summed E-state index contributed by atoms with van der Waals surface area (Å²) in [4.78, 5) is 7.01. The van der Waals surface area contributed by atoms with Crippen LogP contribution in [0.25, 0.3) is 0 Å². The lowest BCUT2D eigenvalue weighted by molar-refractivity contribution is -0.0272. The fraction of sp³-hybridized carbons (Fsp3) is 0.812. The molecule has 1 aliphatic heterocycles. The molecule has 21 heavy (non-hydrogen) atoms. The Bertz CT molecular complexity index is 453. The molecule has 0 amide bonds. The van der Waals surface area contributed by atoms with Gasteiger partial charge in [-0.2, -0.15) is 0 Å². The Balaban J connectivity index is 1.64. The Morgan fingerprint density at radius 2 is 2.14 bits per heavy atom. The number of likely N-dealkylation sites (N-methyl/N-ethyl adjacent to an activating group) is 1. The Morgan fingerprint density at radius 3 is 2.90 bits per heavy atom. The zero-order valence-corrected chi connectivity index (χ0v) is 13.3. The molecule has 118 valence electrons. The molecule has 0 aromatic carbocycles. The van der Waals surface area contributed by atoms with E-state index < -0.39 is 0 Å². The van der Waals surface area contributed by atoms with Gasteiger partial charge in [0.25, 0.3) is 0 Å². The summed E-state index contributed by atoms with van der Waals surface area (Å²) < 4.78 is 8.13. The van der Waals surface area contributed by atoms with Crippen LogP contribution in [0.2, 0.25) is 0 Å². The minimum absolute atomic E-state index is 0.268. The molecular weight excluding hydrogens is 264 g/mol. The van der Waals surface area contributed by atoms with Gasteiger partial charge < -0.3 is 19.5 Å². The number of aromatic nitrogens is 2. The van der Waals surface area contributed by atoms with Crippen LogP contribution in [0.15, 0.2) is 6.20 Å². The average Bonchev–Trinajstić information content (AvgIpc) is 2.80. The van der Waals surface area contributed by atoms with Gasteiger partial charge in [0.15, 0.2) is 0 Å². The second kappa shape index (κ2) is 6.79. The fourth-order valence-corrected chi connectivity index (χ4v) is 3.43. The van der Waals surface area contributed by atoms with Gasteiger partial charge in [0, 0.05) is 25.3 Å². The molecule has 2 aliphatic rings. The highest BCUT2D eigenvalue weighted by atomic mass is 16.5. The molecule has 1 saturated carbocycles. The molecule has 1 aromatic rings. The second-order valence-corrected chi connectivity index (χ2v) is 6.59. The van der Waals surface area contributed by atoms with Gasteiger partial charge in [-0.15, -0.1) is 0 Å². The molecule has 2 heterocycles. The van der Waals surface area contributed by atoms with Gasteiger partial charge in [0.05, 0.1) is 24.9 Å². The lowest BCUT2D eigenvalue weighted by atomic mass is 9.96. The smallest absolute Gasteiger partial charge is 0.203 e. The Morgan fingerprint density at radius 1 is 1.33 bits per heavy atom. The summed E-state index contributed by atoms with van der Waals surface area (Å²) in [6, 6.07) is 0.592. The van der Waals surface area contributed by atoms with Crippen molar-refractivity contribution in [3.8, 4) is 0 Å². The third-order valence-corrected chi connectivity index (χ3v) is 4.58. The summed E-state index contributed by atoms with van der Waals surface area (Å²) in [5.74, 6) is 1.02. The number of hydrogen-bond donors (Lipinski definition) is 1. The largest absolute Gasteiger partial charge is 0.374 e. The summed E-state index contributed by atoms with van der Waals surface area (Å²) >= 11 is 0. The van der Waals surface area contributed by atoms with Crippen molar-refractivity contribution >= 4 is 5.95 Å². The van der Waals surface area contributed by atoms with E-state index >= 15 is 0 Å². The van der Waals surface area contributed by atoms with Crippen molar-refractivity contribution in [2.45, 2.75) is 57.7 Å². The van der Waals surface area contributed by atoms with E-state index in [1.165, 1.54) is 32.1 Å². The molecule has 1 aromatic heterocycles. The van der Waals surface area contributed by atoms with Crippen molar-refractivity contribution in [3.63, 3.8) is 0 Å². The molecule has 1 saturated heterocycles. The van der Waals surface area contributed by atoms with Crippen molar-refractivity contribution in [3.05, 3.63) is 11.9 Å². The molecule has 1 aliphatic carbocycles. The topological polar surface area (TPSA) is 42.3 Å². The number of anilines is 1. The number of morpholine rings is 1. The normalized spacial score (nSPS) is 25.1. The number of nitrogens with one attached hydrogen (secondary N) is 1. The fourth-order valence-electron chi connectivity index (χ4n) is 3.43. The zero-order chi connectivity index (χ0) is 14.7. The SMILES string of the molecule is Cc1cn(CC2CN(C)CCO2)c(NC2CCCCC2)n1. The molecule has 5 heteroatoms. The first-order valence-electron chi connectivity index (χ1n) is 8.31. The maximum absolute atomic E-state index is 5.89. The second-order valence-electron chi connectivity index (χ2n) is 6.59. The lowest BCUT2D eigenvalue weighted by Gasteiger charge is -2.31. The lowest BCUT2D eigenvalue weighted by Crippen LogP contribution is -2.42. The summed E-state index contributed by atoms with van der Waals surface area (Å²) in [5, 5.41) is 3.65. The summed E-state index contributed by atoms with van der Waals surface area (Å²) in [6.45, 7) is 5.82. The number of ether oxygens (including phenoxy) is 1. The summed E-state index contributed by atoms with van der Waals surface area (Å²) in [6.07, 6.45) is 9.02. The van der Waals surface area contributed by atoms with Crippen LogP contribution < -0.4 is 5.32 Å². The van der Waals surface area contributed by atoms with E-state index in [1.54, 1.807) is 0 Å². The predicted octanol–water partition coefficient (Wildman–Crippen LogP) is 2.27. The first-order chi connectivity index (χ1) is 10.2. The minimum Gasteiger partial charge on any atom is -0.374 e. The van der Waals surface area contributed by atoms with E-state index in [4.69, 9.17) is 4.74 Å². The molecule has 1 unspecified atom stereocenters. The van der Waals surface area contributed by atoms with Crippen LogP contribution in [-0.4, -0.2) is 53.3 Å². The Hall–Kier alpha value is -1.07. The number of rotatable bonds is 4. The van der Waals surface area contributed by atoms with Crippen LogP contribution in [0.1, 0.15) is 37.8 Å². The van der Waals surface area contributed by atoms with Gasteiger partial charge in [-0.25, -0.2) is 4.98 Å². The van der Waals surface area contributed by atoms with Crippen LogP contribution in [-0.2, 0) is 11.3 Å². The molecule has 0 spiro atoms. The molecule has 5 nitrogen and oxygen atoms in total. The third kappa shape index (κ3) is 3.98. The average molecular weight is 292 g/mol. The molecule has 0 bridgehead atoms. The molecule has 1 N–H and O–H groups in total. The van der Waals surface area contributed by atoms with E-state index in [9.17, 15) is 0 Å². The van der Waals surface area contributed by atoms with E-state index in [1.807, 2.05) is 0 Å². The molecular formula is C16H28N4O. The molecule has 2 fully saturated rings. The van der Waals surface area contributed by atoms with Crippen molar-refractivity contribution in [1.82, 2.24) is 14.5 Å². The van der Waals surface area contributed by atoms with E-state index in [2.05, 4.69) is 39.9 Å². The van der Waals surface area contributed by atoms with Gasteiger partial charge in [0.2, 0.25) is 5.95 Å². The number of imidazole rings is 1. The van der Waals surface area contributed by atoms with Gasteiger partial charge >= 0.3 is 0 Å². The van der Waals surface area contributed by atoms with Crippen LogP contribution >= 0.6 is 0 Å². The van der Waals surface area contributed by atoms with Gasteiger partial charge in [-0.1, -0.05) is 19.3 Å². The number of nitrogens with zero attached hydrogens (tertiary/aromatic N) is 3. The first-order valence-corrected chi connectivity index (χ1v) is 8.31.